The summed E-state index contributed by atoms with van der Waals surface area (Å²) in [6, 6.07) is 11.1. The van der Waals surface area contributed by atoms with Crippen molar-refractivity contribution in [3.63, 3.8) is 0 Å². The Morgan fingerprint density at radius 3 is 2.44 bits per heavy atom. The molecule has 0 radical (unpaired) electrons. The minimum Gasteiger partial charge on any atom is -0.495 e. The number of nitrogens with zero attached hydrogens (tertiary/aromatic N) is 1. The third kappa shape index (κ3) is 5.04. The van der Waals surface area contributed by atoms with E-state index in [0.29, 0.717) is 17.1 Å². The van der Waals surface area contributed by atoms with Crippen molar-refractivity contribution in [2.75, 3.05) is 23.9 Å². The summed E-state index contributed by atoms with van der Waals surface area (Å²) >= 11 is 0. The zero-order chi connectivity index (χ0) is 18.4. The van der Waals surface area contributed by atoms with E-state index >= 15 is 0 Å². The quantitative estimate of drug-likeness (QED) is 0.872. The van der Waals surface area contributed by atoms with Crippen molar-refractivity contribution >= 4 is 23.2 Å². The monoisotopic (exact) mass is 344 g/mol. The summed E-state index contributed by atoms with van der Waals surface area (Å²) in [7, 11) is 1.53. The highest BCUT2D eigenvalue weighted by molar-refractivity contribution is 5.95. The Labute approximate surface area is 146 Å². The third-order valence-corrected chi connectivity index (χ3v) is 3.71. The SMILES string of the molecule is COc1ccc(C)cc1NC(=O)CCN(C(C)=O)c1ccc(F)cc1. The van der Waals surface area contributed by atoms with Crippen LogP contribution in [0.25, 0.3) is 0 Å². The molecule has 2 amide bonds. The first kappa shape index (κ1) is 18.4. The van der Waals surface area contributed by atoms with E-state index in [0.717, 1.165) is 5.56 Å². The number of rotatable bonds is 6. The van der Waals surface area contributed by atoms with E-state index in [4.69, 9.17) is 4.74 Å². The van der Waals surface area contributed by atoms with Crippen molar-refractivity contribution in [1.29, 1.82) is 0 Å². The minimum atomic E-state index is -0.378. The number of benzene rings is 2. The normalized spacial score (nSPS) is 10.2. The Hall–Kier alpha value is -2.89. The van der Waals surface area contributed by atoms with Crippen molar-refractivity contribution in [3.8, 4) is 5.75 Å². The van der Waals surface area contributed by atoms with Gasteiger partial charge in [0.2, 0.25) is 11.8 Å². The molecule has 0 saturated heterocycles. The summed E-state index contributed by atoms with van der Waals surface area (Å²) in [4.78, 5) is 25.5. The molecule has 5 nitrogen and oxygen atoms in total. The molecule has 0 spiro atoms. The summed E-state index contributed by atoms with van der Waals surface area (Å²) in [5.74, 6) is -0.262. The van der Waals surface area contributed by atoms with Crippen LogP contribution >= 0.6 is 0 Å². The molecule has 0 aliphatic heterocycles. The number of ether oxygens (including phenoxy) is 1. The maximum atomic E-state index is 13.0. The molecule has 132 valence electrons. The van der Waals surface area contributed by atoms with Crippen LogP contribution in [0.5, 0.6) is 5.75 Å². The highest BCUT2D eigenvalue weighted by Crippen LogP contribution is 2.25. The molecule has 2 aromatic carbocycles. The van der Waals surface area contributed by atoms with Gasteiger partial charge in [-0.3, -0.25) is 9.59 Å². The van der Waals surface area contributed by atoms with Crippen LogP contribution in [-0.2, 0) is 9.59 Å². The standard InChI is InChI=1S/C19H21FN2O3/c1-13-4-9-18(25-3)17(12-13)21-19(24)10-11-22(14(2)23)16-7-5-15(20)6-8-16/h4-9,12H,10-11H2,1-3H3,(H,21,24). The van der Waals surface area contributed by atoms with E-state index in [1.54, 1.807) is 6.07 Å². The predicted molar refractivity (Wildman–Crippen MR) is 95.4 cm³/mol. The van der Waals surface area contributed by atoms with Gasteiger partial charge in [-0.2, -0.15) is 0 Å². The van der Waals surface area contributed by atoms with E-state index in [-0.39, 0.29) is 30.6 Å². The molecule has 0 aliphatic carbocycles. The first-order chi connectivity index (χ1) is 11.9. The van der Waals surface area contributed by atoms with Gasteiger partial charge in [-0.25, -0.2) is 4.39 Å². The lowest BCUT2D eigenvalue weighted by Gasteiger charge is -2.21. The maximum Gasteiger partial charge on any atom is 0.226 e. The molecule has 0 atom stereocenters. The van der Waals surface area contributed by atoms with E-state index in [1.807, 2.05) is 19.1 Å². The fraction of sp³-hybridized carbons (Fsp3) is 0.263. The summed E-state index contributed by atoms with van der Waals surface area (Å²) < 4.78 is 18.3. The zero-order valence-corrected chi connectivity index (χ0v) is 14.5. The first-order valence-electron chi connectivity index (χ1n) is 7.89. The third-order valence-electron chi connectivity index (χ3n) is 3.71. The number of aryl methyl sites for hydroxylation is 1. The molecule has 0 unspecified atom stereocenters. The van der Waals surface area contributed by atoms with Crippen LogP contribution in [0.3, 0.4) is 0 Å². The van der Waals surface area contributed by atoms with Gasteiger partial charge in [0.1, 0.15) is 11.6 Å². The van der Waals surface area contributed by atoms with Gasteiger partial charge in [0, 0.05) is 25.6 Å². The number of hydrogen-bond donors (Lipinski definition) is 1. The zero-order valence-electron chi connectivity index (χ0n) is 14.5. The lowest BCUT2D eigenvalue weighted by molar-refractivity contribution is -0.117. The van der Waals surface area contributed by atoms with Crippen LogP contribution in [0.4, 0.5) is 15.8 Å². The smallest absolute Gasteiger partial charge is 0.226 e. The molecule has 25 heavy (non-hydrogen) atoms. The van der Waals surface area contributed by atoms with Gasteiger partial charge in [-0.15, -0.1) is 0 Å². The van der Waals surface area contributed by atoms with Crippen LogP contribution < -0.4 is 15.0 Å². The Morgan fingerprint density at radius 2 is 1.84 bits per heavy atom. The fourth-order valence-electron chi connectivity index (χ4n) is 2.43. The van der Waals surface area contributed by atoms with Gasteiger partial charge in [0.25, 0.3) is 0 Å². The van der Waals surface area contributed by atoms with Crippen molar-refractivity contribution in [2.45, 2.75) is 20.3 Å². The molecule has 2 rings (SSSR count). The molecular formula is C19H21FN2O3. The van der Waals surface area contributed by atoms with E-state index in [1.165, 1.54) is 43.2 Å². The number of hydrogen-bond acceptors (Lipinski definition) is 3. The van der Waals surface area contributed by atoms with Crippen molar-refractivity contribution in [1.82, 2.24) is 0 Å². The van der Waals surface area contributed by atoms with Crippen LogP contribution in [0.15, 0.2) is 42.5 Å². The molecular weight excluding hydrogens is 323 g/mol. The molecule has 0 heterocycles. The highest BCUT2D eigenvalue weighted by Gasteiger charge is 2.14. The minimum absolute atomic E-state index is 0.105. The van der Waals surface area contributed by atoms with Crippen molar-refractivity contribution in [2.24, 2.45) is 0 Å². The molecule has 0 aliphatic rings. The van der Waals surface area contributed by atoms with Crippen LogP contribution in [-0.4, -0.2) is 25.5 Å². The Morgan fingerprint density at radius 1 is 1.16 bits per heavy atom. The van der Waals surface area contributed by atoms with Crippen LogP contribution in [0, 0.1) is 12.7 Å². The summed E-state index contributed by atoms with van der Waals surface area (Å²) in [6.07, 6.45) is 0.105. The fourth-order valence-corrected chi connectivity index (χ4v) is 2.43. The molecule has 0 bridgehead atoms. The largest absolute Gasteiger partial charge is 0.495 e. The van der Waals surface area contributed by atoms with Gasteiger partial charge in [0.15, 0.2) is 0 Å². The second kappa shape index (κ2) is 8.28. The number of carbonyl (C=O) groups is 2. The molecule has 0 fully saturated rings. The summed E-state index contributed by atoms with van der Waals surface area (Å²) in [5.41, 5.74) is 2.13. The van der Waals surface area contributed by atoms with Gasteiger partial charge >= 0.3 is 0 Å². The molecule has 2 aromatic rings. The van der Waals surface area contributed by atoms with Crippen molar-refractivity contribution in [3.05, 3.63) is 53.8 Å². The molecule has 1 N–H and O–H groups in total. The van der Waals surface area contributed by atoms with Crippen molar-refractivity contribution < 1.29 is 18.7 Å². The molecule has 6 heteroatoms. The Bertz CT molecular complexity index is 760. The first-order valence-corrected chi connectivity index (χ1v) is 7.89. The van der Waals surface area contributed by atoms with Gasteiger partial charge in [0.05, 0.1) is 12.8 Å². The average molecular weight is 344 g/mol. The molecule has 0 aromatic heterocycles. The lowest BCUT2D eigenvalue weighted by Crippen LogP contribution is -2.32. The molecule has 0 saturated carbocycles. The number of halogens is 1. The van der Waals surface area contributed by atoms with E-state index in [2.05, 4.69) is 5.32 Å². The number of nitrogens with one attached hydrogen (secondary N) is 1. The topological polar surface area (TPSA) is 58.6 Å². The highest BCUT2D eigenvalue weighted by atomic mass is 19.1. The van der Waals surface area contributed by atoms with Gasteiger partial charge in [-0.1, -0.05) is 6.07 Å². The Kier molecular flexibility index (Phi) is 6.11. The predicted octanol–water partition coefficient (Wildman–Crippen LogP) is 3.52. The summed E-state index contributed by atoms with van der Waals surface area (Å²) in [5, 5.41) is 2.80. The Balaban J connectivity index is 2.03. The van der Waals surface area contributed by atoms with Crippen LogP contribution in [0.2, 0.25) is 0 Å². The number of carbonyl (C=O) groups excluding carboxylic acids is 2. The average Bonchev–Trinajstić information content (AvgIpc) is 2.56. The van der Waals surface area contributed by atoms with E-state index < -0.39 is 0 Å². The van der Waals surface area contributed by atoms with Gasteiger partial charge < -0.3 is 15.0 Å². The second-order valence-electron chi connectivity index (χ2n) is 5.65. The summed E-state index contributed by atoms with van der Waals surface area (Å²) in [6.45, 7) is 3.52. The number of anilines is 2. The second-order valence-corrected chi connectivity index (χ2v) is 5.65. The number of methoxy groups -OCH3 is 1. The maximum absolute atomic E-state index is 13.0. The number of amides is 2. The van der Waals surface area contributed by atoms with Crippen LogP contribution in [0.1, 0.15) is 18.9 Å². The van der Waals surface area contributed by atoms with E-state index in [9.17, 15) is 14.0 Å². The van der Waals surface area contributed by atoms with Gasteiger partial charge in [-0.05, 0) is 48.9 Å². The lowest BCUT2D eigenvalue weighted by atomic mass is 10.2.